The van der Waals surface area contributed by atoms with Gasteiger partial charge in [0, 0.05) is 23.5 Å². The monoisotopic (exact) mass is 260 g/mol. The van der Waals surface area contributed by atoms with Crippen LogP contribution < -0.4 is 5.32 Å². The zero-order chi connectivity index (χ0) is 13.1. The number of aromatic nitrogens is 1. The summed E-state index contributed by atoms with van der Waals surface area (Å²) in [5.41, 5.74) is 4.96. The van der Waals surface area contributed by atoms with Crippen LogP contribution in [0.3, 0.4) is 0 Å². The van der Waals surface area contributed by atoms with E-state index in [1.54, 1.807) is 11.3 Å². The maximum atomic E-state index is 4.71. The minimum absolute atomic E-state index is 0.496. The number of hydrogen-bond donors (Lipinski definition) is 1. The summed E-state index contributed by atoms with van der Waals surface area (Å²) in [4.78, 5) is 4.71. The number of nitrogens with zero attached hydrogens (tertiary/aromatic N) is 1. The Labute approximate surface area is 113 Å². The summed E-state index contributed by atoms with van der Waals surface area (Å²) in [6.45, 7) is 9.41. The van der Waals surface area contributed by atoms with E-state index in [4.69, 9.17) is 4.98 Å². The standard InChI is InChI=1S/C15H20N2S/c1-10(2)16-8-13-9-18-15(17-13)14-7-11(3)5-6-12(14)4/h5-7,9-10,16H,8H2,1-4H3. The van der Waals surface area contributed by atoms with Crippen molar-refractivity contribution in [2.24, 2.45) is 0 Å². The minimum atomic E-state index is 0.496. The topological polar surface area (TPSA) is 24.9 Å². The number of benzene rings is 1. The summed E-state index contributed by atoms with van der Waals surface area (Å²) in [6, 6.07) is 7.02. The van der Waals surface area contributed by atoms with Crippen LogP contribution in [0.25, 0.3) is 10.6 Å². The third-order valence-corrected chi connectivity index (χ3v) is 3.79. The molecule has 0 aliphatic carbocycles. The number of nitrogens with one attached hydrogen (secondary N) is 1. The summed E-state index contributed by atoms with van der Waals surface area (Å²) in [6.07, 6.45) is 0. The fourth-order valence-corrected chi connectivity index (χ4v) is 2.69. The van der Waals surface area contributed by atoms with Crippen molar-refractivity contribution in [1.29, 1.82) is 0 Å². The van der Waals surface area contributed by atoms with Gasteiger partial charge in [0.2, 0.25) is 0 Å². The lowest BCUT2D eigenvalue weighted by molar-refractivity contribution is 0.583. The molecule has 0 spiro atoms. The van der Waals surface area contributed by atoms with E-state index in [-0.39, 0.29) is 0 Å². The number of hydrogen-bond acceptors (Lipinski definition) is 3. The van der Waals surface area contributed by atoms with E-state index in [2.05, 4.69) is 56.6 Å². The van der Waals surface area contributed by atoms with Gasteiger partial charge in [-0.1, -0.05) is 31.5 Å². The van der Waals surface area contributed by atoms with Gasteiger partial charge in [0.1, 0.15) is 5.01 Å². The van der Waals surface area contributed by atoms with Gasteiger partial charge in [-0.2, -0.15) is 0 Å². The second-order valence-corrected chi connectivity index (χ2v) is 5.86. The van der Waals surface area contributed by atoms with E-state index in [0.29, 0.717) is 6.04 Å². The molecule has 0 aliphatic rings. The summed E-state index contributed by atoms with van der Waals surface area (Å²) in [5.74, 6) is 0. The van der Waals surface area contributed by atoms with Gasteiger partial charge in [0.05, 0.1) is 5.69 Å². The average molecular weight is 260 g/mol. The molecule has 1 heterocycles. The lowest BCUT2D eigenvalue weighted by Gasteiger charge is -2.05. The lowest BCUT2D eigenvalue weighted by atomic mass is 10.1. The molecule has 0 bridgehead atoms. The minimum Gasteiger partial charge on any atom is -0.309 e. The zero-order valence-corrected chi connectivity index (χ0v) is 12.3. The molecule has 0 atom stereocenters. The van der Waals surface area contributed by atoms with Crippen molar-refractivity contribution in [3.8, 4) is 10.6 Å². The average Bonchev–Trinajstić information content (AvgIpc) is 2.78. The van der Waals surface area contributed by atoms with Crippen molar-refractivity contribution in [1.82, 2.24) is 10.3 Å². The van der Waals surface area contributed by atoms with E-state index in [9.17, 15) is 0 Å². The highest BCUT2D eigenvalue weighted by Gasteiger charge is 2.07. The normalized spacial score (nSPS) is 11.2. The van der Waals surface area contributed by atoms with Crippen LogP contribution in [0.2, 0.25) is 0 Å². The van der Waals surface area contributed by atoms with E-state index < -0.39 is 0 Å². The SMILES string of the molecule is Cc1ccc(C)c(-c2nc(CNC(C)C)cs2)c1. The fraction of sp³-hybridized carbons (Fsp3) is 0.400. The summed E-state index contributed by atoms with van der Waals surface area (Å²) in [7, 11) is 0. The van der Waals surface area contributed by atoms with Gasteiger partial charge in [-0.3, -0.25) is 0 Å². The first-order valence-corrected chi connectivity index (χ1v) is 7.19. The van der Waals surface area contributed by atoms with Gasteiger partial charge in [0.25, 0.3) is 0 Å². The Kier molecular flexibility index (Phi) is 4.15. The summed E-state index contributed by atoms with van der Waals surface area (Å²) < 4.78 is 0. The molecule has 2 aromatic rings. The molecule has 0 fully saturated rings. The second kappa shape index (κ2) is 5.63. The van der Waals surface area contributed by atoms with Crippen molar-refractivity contribution >= 4 is 11.3 Å². The molecular weight excluding hydrogens is 240 g/mol. The Morgan fingerprint density at radius 1 is 1.28 bits per heavy atom. The highest BCUT2D eigenvalue weighted by molar-refractivity contribution is 7.13. The summed E-state index contributed by atoms with van der Waals surface area (Å²) in [5, 5.41) is 6.66. The van der Waals surface area contributed by atoms with Gasteiger partial charge < -0.3 is 5.32 Å². The van der Waals surface area contributed by atoms with Gasteiger partial charge in [0.15, 0.2) is 0 Å². The lowest BCUT2D eigenvalue weighted by Crippen LogP contribution is -2.21. The van der Waals surface area contributed by atoms with Crippen LogP contribution in [0.5, 0.6) is 0 Å². The molecule has 96 valence electrons. The third kappa shape index (κ3) is 3.18. The van der Waals surface area contributed by atoms with Gasteiger partial charge in [-0.15, -0.1) is 11.3 Å². The molecule has 18 heavy (non-hydrogen) atoms. The molecule has 0 radical (unpaired) electrons. The number of aryl methyl sites for hydroxylation is 2. The number of rotatable bonds is 4. The van der Waals surface area contributed by atoms with Crippen LogP contribution in [0, 0.1) is 13.8 Å². The maximum absolute atomic E-state index is 4.71. The predicted octanol–water partition coefficient (Wildman–Crippen LogP) is 3.92. The van der Waals surface area contributed by atoms with E-state index in [0.717, 1.165) is 17.2 Å². The first kappa shape index (κ1) is 13.2. The molecule has 3 heteroatoms. The molecule has 0 aliphatic heterocycles. The van der Waals surface area contributed by atoms with Gasteiger partial charge in [-0.25, -0.2) is 4.98 Å². The number of thiazole rings is 1. The van der Waals surface area contributed by atoms with Crippen LogP contribution in [-0.4, -0.2) is 11.0 Å². The molecule has 1 aromatic heterocycles. The molecule has 1 aromatic carbocycles. The van der Waals surface area contributed by atoms with E-state index in [1.165, 1.54) is 16.7 Å². The predicted molar refractivity (Wildman–Crippen MR) is 79.0 cm³/mol. The Morgan fingerprint density at radius 3 is 2.78 bits per heavy atom. The molecule has 0 saturated carbocycles. The first-order valence-electron chi connectivity index (χ1n) is 6.31. The highest BCUT2D eigenvalue weighted by Crippen LogP contribution is 2.27. The second-order valence-electron chi connectivity index (χ2n) is 5.00. The van der Waals surface area contributed by atoms with Crippen LogP contribution in [-0.2, 0) is 6.54 Å². The van der Waals surface area contributed by atoms with E-state index >= 15 is 0 Å². The van der Waals surface area contributed by atoms with E-state index in [1.807, 2.05) is 0 Å². The Bertz CT molecular complexity index is 529. The van der Waals surface area contributed by atoms with Crippen LogP contribution >= 0.6 is 11.3 Å². The van der Waals surface area contributed by atoms with Crippen molar-refractivity contribution in [2.75, 3.05) is 0 Å². The van der Waals surface area contributed by atoms with Crippen molar-refractivity contribution < 1.29 is 0 Å². The highest BCUT2D eigenvalue weighted by atomic mass is 32.1. The molecule has 0 unspecified atom stereocenters. The zero-order valence-electron chi connectivity index (χ0n) is 11.4. The molecular formula is C15H20N2S. The molecule has 2 nitrogen and oxygen atoms in total. The van der Waals surface area contributed by atoms with Gasteiger partial charge in [-0.05, 0) is 25.5 Å². The van der Waals surface area contributed by atoms with Crippen LogP contribution in [0.4, 0.5) is 0 Å². The third-order valence-electron chi connectivity index (χ3n) is 2.87. The fourth-order valence-electron chi connectivity index (χ4n) is 1.79. The Hall–Kier alpha value is -1.19. The molecule has 0 saturated heterocycles. The quantitative estimate of drug-likeness (QED) is 0.901. The van der Waals surface area contributed by atoms with Crippen LogP contribution in [0.15, 0.2) is 23.6 Å². The van der Waals surface area contributed by atoms with Crippen molar-refractivity contribution in [3.05, 3.63) is 40.4 Å². The van der Waals surface area contributed by atoms with Crippen molar-refractivity contribution in [2.45, 2.75) is 40.3 Å². The smallest absolute Gasteiger partial charge is 0.123 e. The first-order chi connectivity index (χ1) is 8.56. The summed E-state index contributed by atoms with van der Waals surface area (Å²) >= 11 is 1.73. The Balaban J connectivity index is 2.21. The Morgan fingerprint density at radius 2 is 2.06 bits per heavy atom. The van der Waals surface area contributed by atoms with Crippen LogP contribution in [0.1, 0.15) is 30.7 Å². The molecule has 0 amide bonds. The molecule has 1 N–H and O–H groups in total. The van der Waals surface area contributed by atoms with Gasteiger partial charge >= 0.3 is 0 Å². The molecule has 2 rings (SSSR count). The van der Waals surface area contributed by atoms with Crippen molar-refractivity contribution in [3.63, 3.8) is 0 Å². The maximum Gasteiger partial charge on any atom is 0.123 e. The largest absolute Gasteiger partial charge is 0.309 e.